The molecule has 0 heterocycles. The van der Waals surface area contributed by atoms with Crippen LogP contribution in [0.15, 0.2) is 28.7 Å². The molecule has 1 unspecified atom stereocenters. The molecule has 0 aliphatic rings. The van der Waals surface area contributed by atoms with E-state index in [4.69, 9.17) is 5.26 Å². The van der Waals surface area contributed by atoms with Gasteiger partial charge in [-0.3, -0.25) is 4.79 Å². The molecule has 1 aromatic carbocycles. The van der Waals surface area contributed by atoms with Crippen LogP contribution in [0.1, 0.15) is 23.7 Å². The minimum absolute atomic E-state index is 0.0600. The third kappa shape index (κ3) is 3.07. The zero-order chi connectivity index (χ0) is 12.1. The van der Waals surface area contributed by atoms with E-state index < -0.39 is 0 Å². The standard InChI is InChI=1S/C12H13BrN2O/c1-9(7-8-14)15(2)12(16)10-3-5-11(13)6-4-10/h3-6,9H,7H2,1-2H3. The van der Waals surface area contributed by atoms with Crippen molar-refractivity contribution in [1.29, 1.82) is 5.26 Å². The van der Waals surface area contributed by atoms with E-state index in [1.807, 2.05) is 19.1 Å². The van der Waals surface area contributed by atoms with E-state index in [-0.39, 0.29) is 11.9 Å². The van der Waals surface area contributed by atoms with Crippen LogP contribution in [-0.4, -0.2) is 23.9 Å². The lowest BCUT2D eigenvalue weighted by atomic mass is 10.1. The minimum Gasteiger partial charge on any atom is -0.338 e. The Morgan fingerprint density at radius 2 is 2.06 bits per heavy atom. The summed E-state index contributed by atoms with van der Waals surface area (Å²) in [5.41, 5.74) is 0.635. The zero-order valence-electron chi connectivity index (χ0n) is 9.27. The van der Waals surface area contributed by atoms with Crippen LogP contribution >= 0.6 is 15.9 Å². The highest BCUT2D eigenvalue weighted by Crippen LogP contribution is 2.13. The van der Waals surface area contributed by atoms with Gasteiger partial charge in [-0.1, -0.05) is 15.9 Å². The highest BCUT2D eigenvalue weighted by atomic mass is 79.9. The molecule has 16 heavy (non-hydrogen) atoms. The van der Waals surface area contributed by atoms with Crippen molar-refractivity contribution < 1.29 is 4.79 Å². The average molecular weight is 281 g/mol. The van der Waals surface area contributed by atoms with Gasteiger partial charge in [0.1, 0.15) is 0 Å². The summed E-state index contributed by atoms with van der Waals surface area (Å²) in [7, 11) is 1.71. The van der Waals surface area contributed by atoms with Gasteiger partial charge in [-0.15, -0.1) is 0 Å². The van der Waals surface area contributed by atoms with E-state index in [2.05, 4.69) is 22.0 Å². The molecule has 0 aliphatic carbocycles. The number of carbonyl (C=O) groups is 1. The zero-order valence-corrected chi connectivity index (χ0v) is 10.9. The highest BCUT2D eigenvalue weighted by Gasteiger charge is 2.16. The topological polar surface area (TPSA) is 44.1 Å². The van der Waals surface area contributed by atoms with Crippen molar-refractivity contribution in [1.82, 2.24) is 4.90 Å². The van der Waals surface area contributed by atoms with E-state index in [9.17, 15) is 4.79 Å². The Bertz CT molecular complexity index is 408. The van der Waals surface area contributed by atoms with E-state index in [0.717, 1.165) is 4.47 Å². The fraction of sp³-hybridized carbons (Fsp3) is 0.333. The Kier molecular flexibility index (Phi) is 4.51. The second kappa shape index (κ2) is 5.66. The van der Waals surface area contributed by atoms with Crippen molar-refractivity contribution in [2.24, 2.45) is 0 Å². The molecule has 1 atom stereocenters. The number of hydrogen-bond acceptors (Lipinski definition) is 2. The third-order valence-electron chi connectivity index (χ3n) is 2.46. The van der Waals surface area contributed by atoms with Gasteiger partial charge in [-0.25, -0.2) is 0 Å². The van der Waals surface area contributed by atoms with Crippen LogP contribution in [0.3, 0.4) is 0 Å². The molecule has 0 aromatic heterocycles. The van der Waals surface area contributed by atoms with Gasteiger partial charge in [0.2, 0.25) is 0 Å². The summed E-state index contributed by atoms with van der Waals surface area (Å²) in [6.07, 6.45) is 0.346. The Labute approximate surface area is 104 Å². The quantitative estimate of drug-likeness (QED) is 0.855. The fourth-order valence-electron chi connectivity index (χ4n) is 1.27. The van der Waals surface area contributed by atoms with Crippen LogP contribution in [0.5, 0.6) is 0 Å². The van der Waals surface area contributed by atoms with E-state index >= 15 is 0 Å². The first-order chi connectivity index (χ1) is 7.56. The largest absolute Gasteiger partial charge is 0.338 e. The first-order valence-electron chi connectivity index (χ1n) is 4.96. The Morgan fingerprint density at radius 1 is 1.50 bits per heavy atom. The molecule has 1 aromatic rings. The van der Waals surface area contributed by atoms with Crippen LogP contribution in [0.2, 0.25) is 0 Å². The maximum atomic E-state index is 12.0. The molecule has 0 aliphatic heterocycles. The number of halogens is 1. The lowest BCUT2D eigenvalue weighted by Gasteiger charge is -2.22. The van der Waals surface area contributed by atoms with Gasteiger partial charge >= 0.3 is 0 Å². The molecule has 1 rings (SSSR count). The maximum Gasteiger partial charge on any atom is 0.253 e. The van der Waals surface area contributed by atoms with Crippen LogP contribution in [0.25, 0.3) is 0 Å². The van der Waals surface area contributed by atoms with Gasteiger partial charge in [-0.2, -0.15) is 5.26 Å². The highest BCUT2D eigenvalue weighted by molar-refractivity contribution is 9.10. The predicted octanol–water partition coefficient (Wildman–Crippen LogP) is 2.82. The minimum atomic E-state index is -0.0684. The Balaban J connectivity index is 2.78. The molecule has 0 fully saturated rings. The van der Waals surface area contributed by atoms with Crippen molar-refractivity contribution in [2.45, 2.75) is 19.4 Å². The number of carbonyl (C=O) groups excluding carboxylic acids is 1. The molecular formula is C12H13BrN2O. The van der Waals surface area contributed by atoms with E-state index in [1.54, 1.807) is 24.1 Å². The van der Waals surface area contributed by atoms with Crippen molar-refractivity contribution in [2.75, 3.05) is 7.05 Å². The normalized spacial score (nSPS) is 11.6. The number of nitriles is 1. The molecule has 0 N–H and O–H groups in total. The molecule has 0 bridgehead atoms. The smallest absolute Gasteiger partial charge is 0.253 e. The Morgan fingerprint density at radius 3 is 2.56 bits per heavy atom. The van der Waals surface area contributed by atoms with Crippen molar-refractivity contribution in [3.05, 3.63) is 34.3 Å². The van der Waals surface area contributed by atoms with Gasteiger partial charge in [0.15, 0.2) is 0 Å². The molecule has 0 spiro atoms. The predicted molar refractivity (Wildman–Crippen MR) is 65.9 cm³/mol. The van der Waals surface area contributed by atoms with Gasteiger partial charge < -0.3 is 4.90 Å². The number of nitrogens with zero attached hydrogens (tertiary/aromatic N) is 2. The number of amides is 1. The summed E-state index contributed by atoms with van der Waals surface area (Å²) >= 11 is 3.32. The van der Waals surface area contributed by atoms with Crippen molar-refractivity contribution >= 4 is 21.8 Å². The summed E-state index contributed by atoms with van der Waals surface area (Å²) < 4.78 is 0.941. The van der Waals surface area contributed by atoms with Crippen LogP contribution < -0.4 is 0 Å². The van der Waals surface area contributed by atoms with Gasteiger partial charge in [0, 0.05) is 23.1 Å². The van der Waals surface area contributed by atoms with Gasteiger partial charge in [0.05, 0.1) is 12.5 Å². The first-order valence-corrected chi connectivity index (χ1v) is 5.75. The van der Waals surface area contributed by atoms with E-state index in [1.165, 1.54) is 0 Å². The lowest BCUT2D eigenvalue weighted by Crippen LogP contribution is -2.34. The van der Waals surface area contributed by atoms with Crippen LogP contribution in [0.4, 0.5) is 0 Å². The molecule has 0 saturated heterocycles. The molecule has 3 nitrogen and oxygen atoms in total. The maximum absolute atomic E-state index is 12.0. The molecular weight excluding hydrogens is 268 g/mol. The molecule has 0 radical (unpaired) electrons. The summed E-state index contributed by atoms with van der Waals surface area (Å²) in [6.45, 7) is 1.86. The number of benzene rings is 1. The van der Waals surface area contributed by atoms with Crippen LogP contribution in [-0.2, 0) is 0 Å². The molecule has 1 amide bonds. The summed E-state index contributed by atoms with van der Waals surface area (Å²) in [5, 5.41) is 8.58. The van der Waals surface area contributed by atoms with Crippen molar-refractivity contribution in [3.8, 4) is 6.07 Å². The van der Waals surface area contributed by atoms with E-state index in [0.29, 0.717) is 12.0 Å². The molecule has 4 heteroatoms. The summed E-state index contributed by atoms with van der Waals surface area (Å²) in [5.74, 6) is -0.0600. The van der Waals surface area contributed by atoms with Gasteiger partial charge in [0.25, 0.3) is 5.91 Å². The second-order valence-electron chi connectivity index (χ2n) is 3.63. The third-order valence-corrected chi connectivity index (χ3v) is 2.99. The van der Waals surface area contributed by atoms with Crippen molar-refractivity contribution in [3.63, 3.8) is 0 Å². The summed E-state index contributed by atoms with van der Waals surface area (Å²) in [4.78, 5) is 13.6. The second-order valence-corrected chi connectivity index (χ2v) is 4.55. The fourth-order valence-corrected chi connectivity index (χ4v) is 1.53. The lowest BCUT2D eigenvalue weighted by molar-refractivity contribution is 0.0746. The molecule has 84 valence electrons. The SMILES string of the molecule is CC(CC#N)N(C)C(=O)c1ccc(Br)cc1. The molecule has 0 saturated carbocycles. The van der Waals surface area contributed by atoms with Gasteiger partial charge in [-0.05, 0) is 31.2 Å². The summed E-state index contributed by atoms with van der Waals surface area (Å²) in [6, 6.07) is 9.18. The first kappa shape index (κ1) is 12.7. The van der Waals surface area contributed by atoms with Crippen LogP contribution in [0, 0.1) is 11.3 Å². The Hall–Kier alpha value is -1.34. The number of hydrogen-bond donors (Lipinski definition) is 0. The monoisotopic (exact) mass is 280 g/mol. The number of rotatable bonds is 3. The average Bonchev–Trinajstić information content (AvgIpc) is 2.28.